The lowest BCUT2D eigenvalue weighted by molar-refractivity contribution is -0.385. The third-order valence-corrected chi connectivity index (χ3v) is 2.95. The molecule has 0 saturated heterocycles. The van der Waals surface area contributed by atoms with Gasteiger partial charge in [-0.1, -0.05) is 19.1 Å². The van der Waals surface area contributed by atoms with E-state index in [1.807, 2.05) is 13.8 Å². The van der Waals surface area contributed by atoms with Gasteiger partial charge in [0.25, 0.3) is 0 Å². The maximum atomic E-state index is 10.8. The Bertz CT molecular complexity index is 499. The molecule has 0 aromatic heterocycles. The van der Waals surface area contributed by atoms with Crippen LogP contribution in [-0.2, 0) is 0 Å². The van der Waals surface area contributed by atoms with Crippen LogP contribution >= 0.6 is 0 Å². The van der Waals surface area contributed by atoms with Gasteiger partial charge in [0.15, 0.2) is 5.75 Å². The largest absolute Gasteiger partial charge is 0.487 e. The Morgan fingerprint density at radius 2 is 2.20 bits per heavy atom. The van der Waals surface area contributed by atoms with Crippen LogP contribution in [0.25, 0.3) is 0 Å². The normalized spacial score (nSPS) is 13.2. The second-order valence-electron chi connectivity index (χ2n) is 4.65. The van der Waals surface area contributed by atoms with Crippen LogP contribution in [0.2, 0.25) is 0 Å². The minimum atomic E-state index is -0.583. The second-order valence-corrected chi connectivity index (χ2v) is 4.65. The number of rotatable bonds is 8. The Labute approximate surface area is 118 Å². The molecule has 6 heteroatoms. The van der Waals surface area contributed by atoms with Crippen LogP contribution in [0, 0.1) is 21.4 Å². The molecule has 108 valence electrons. The van der Waals surface area contributed by atoms with Crippen molar-refractivity contribution in [1.82, 2.24) is 5.32 Å². The number of nitrogens with one attached hydrogen (secondary N) is 1. The van der Waals surface area contributed by atoms with Gasteiger partial charge in [-0.25, -0.2) is 0 Å². The molecule has 1 N–H and O–H groups in total. The monoisotopic (exact) mass is 277 g/mol. The number of nitriles is 1. The standard InChI is InChI=1S/C14H19N3O3/c1-3-16-14(2,11-15)9-6-10-20-13-8-5-4-7-12(13)17(18)19/h4-5,7-8,16H,3,6,9-10H2,1-2H3. The molecule has 1 unspecified atom stereocenters. The maximum absolute atomic E-state index is 10.8. The van der Waals surface area contributed by atoms with Gasteiger partial charge in [-0.2, -0.15) is 5.26 Å². The summed E-state index contributed by atoms with van der Waals surface area (Å²) in [5.74, 6) is 0.264. The SMILES string of the molecule is CCNC(C)(C#N)CCCOc1ccccc1[N+](=O)[O-]. The zero-order valence-corrected chi connectivity index (χ0v) is 11.8. The van der Waals surface area contributed by atoms with Crippen molar-refractivity contribution in [3.05, 3.63) is 34.4 Å². The molecule has 0 fully saturated rings. The van der Waals surface area contributed by atoms with E-state index in [0.29, 0.717) is 19.4 Å². The molecule has 0 bridgehead atoms. The molecule has 0 radical (unpaired) electrons. The highest BCUT2D eigenvalue weighted by Gasteiger charge is 2.21. The highest BCUT2D eigenvalue weighted by Crippen LogP contribution is 2.26. The van der Waals surface area contributed by atoms with Crippen molar-refractivity contribution in [3.63, 3.8) is 0 Å². The van der Waals surface area contributed by atoms with Crippen molar-refractivity contribution in [2.45, 2.75) is 32.2 Å². The molecular formula is C14H19N3O3. The fourth-order valence-electron chi connectivity index (χ4n) is 1.91. The maximum Gasteiger partial charge on any atom is 0.310 e. The highest BCUT2D eigenvalue weighted by molar-refractivity contribution is 5.45. The van der Waals surface area contributed by atoms with Gasteiger partial charge in [-0.3, -0.25) is 15.4 Å². The number of nitrogens with zero attached hydrogens (tertiary/aromatic N) is 2. The molecule has 0 aliphatic rings. The summed E-state index contributed by atoms with van der Waals surface area (Å²) in [6, 6.07) is 8.51. The van der Waals surface area contributed by atoms with Gasteiger partial charge in [-0.15, -0.1) is 0 Å². The number of nitro benzene ring substituents is 1. The van der Waals surface area contributed by atoms with Gasteiger partial charge >= 0.3 is 5.69 Å². The summed E-state index contributed by atoms with van der Waals surface area (Å²) in [6.07, 6.45) is 1.26. The number of nitro groups is 1. The zero-order chi connectivity index (χ0) is 15.0. The van der Waals surface area contributed by atoms with Gasteiger partial charge in [0.2, 0.25) is 0 Å². The molecule has 1 rings (SSSR count). The van der Waals surface area contributed by atoms with Crippen molar-refractivity contribution < 1.29 is 9.66 Å². The van der Waals surface area contributed by atoms with Crippen molar-refractivity contribution in [2.75, 3.05) is 13.2 Å². The van der Waals surface area contributed by atoms with E-state index in [9.17, 15) is 10.1 Å². The lowest BCUT2D eigenvalue weighted by Crippen LogP contribution is -2.40. The van der Waals surface area contributed by atoms with E-state index in [0.717, 1.165) is 6.54 Å². The fourth-order valence-corrected chi connectivity index (χ4v) is 1.91. The second kappa shape index (κ2) is 7.46. The summed E-state index contributed by atoms with van der Waals surface area (Å²) in [7, 11) is 0. The van der Waals surface area contributed by atoms with E-state index in [4.69, 9.17) is 10.00 Å². The van der Waals surface area contributed by atoms with Gasteiger partial charge in [0, 0.05) is 6.07 Å². The van der Waals surface area contributed by atoms with Crippen molar-refractivity contribution in [2.24, 2.45) is 0 Å². The molecule has 1 atom stereocenters. The first kappa shape index (κ1) is 15.9. The minimum absolute atomic E-state index is 0.0396. The molecule has 0 heterocycles. The van der Waals surface area contributed by atoms with Crippen LogP contribution in [-0.4, -0.2) is 23.6 Å². The van der Waals surface area contributed by atoms with Crippen LogP contribution in [0.5, 0.6) is 5.75 Å². The Morgan fingerprint density at radius 1 is 1.50 bits per heavy atom. The number of hydrogen-bond acceptors (Lipinski definition) is 5. The Kier molecular flexibility index (Phi) is 5.94. The van der Waals surface area contributed by atoms with Gasteiger partial charge in [0.05, 0.1) is 17.6 Å². The van der Waals surface area contributed by atoms with E-state index in [-0.39, 0.29) is 11.4 Å². The van der Waals surface area contributed by atoms with Crippen molar-refractivity contribution in [3.8, 4) is 11.8 Å². The van der Waals surface area contributed by atoms with Crippen LogP contribution in [0.15, 0.2) is 24.3 Å². The Balaban J connectivity index is 2.50. The predicted octanol–water partition coefficient (Wildman–Crippen LogP) is 2.65. The summed E-state index contributed by atoms with van der Waals surface area (Å²) in [5.41, 5.74) is -0.622. The molecule has 0 aliphatic heterocycles. The third kappa shape index (κ3) is 4.52. The average molecular weight is 277 g/mol. The first-order chi connectivity index (χ1) is 9.52. The van der Waals surface area contributed by atoms with Crippen LogP contribution in [0.1, 0.15) is 26.7 Å². The van der Waals surface area contributed by atoms with Gasteiger partial charge < -0.3 is 4.74 Å². The molecule has 0 saturated carbocycles. The van der Waals surface area contributed by atoms with Crippen molar-refractivity contribution in [1.29, 1.82) is 5.26 Å². The summed E-state index contributed by atoms with van der Waals surface area (Å²) < 4.78 is 5.44. The van der Waals surface area contributed by atoms with Gasteiger partial charge in [0.1, 0.15) is 5.54 Å². The summed E-state index contributed by atoms with van der Waals surface area (Å²) in [5, 5.41) is 23.0. The predicted molar refractivity (Wildman–Crippen MR) is 75.5 cm³/mol. The first-order valence-corrected chi connectivity index (χ1v) is 6.55. The summed E-state index contributed by atoms with van der Waals surface area (Å²) >= 11 is 0. The summed E-state index contributed by atoms with van der Waals surface area (Å²) in [4.78, 5) is 10.4. The topological polar surface area (TPSA) is 88.2 Å². The van der Waals surface area contributed by atoms with Gasteiger partial charge in [-0.05, 0) is 32.4 Å². The van der Waals surface area contributed by atoms with E-state index < -0.39 is 10.5 Å². The number of para-hydroxylation sites is 2. The molecular weight excluding hydrogens is 258 g/mol. The van der Waals surface area contributed by atoms with E-state index in [1.165, 1.54) is 6.07 Å². The number of benzene rings is 1. The number of ether oxygens (including phenoxy) is 1. The average Bonchev–Trinajstić information content (AvgIpc) is 2.44. The first-order valence-electron chi connectivity index (χ1n) is 6.55. The van der Waals surface area contributed by atoms with E-state index in [2.05, 4.69) is 11.4 Å². The Morgan fingerprint density at radius 3 is 2.80 bits per heavy atom. The molecule has 6 nitrogen and oxygen atoms in total. The zero-order valence-electron chi connectivity index (χ0n) is 11.8. The van der Waals surface area contributed by atoms with Crippen LogP contribution in [0.4, 0.5) is 5.69 Å². The van der Waals surface area contributed by atoms with Crippen molar-refractivity contribution >= 4 is 5.69 Å². The highest BCUT2D eigenvalue weighted by atomic mass is 16.6. The quantitative estimate of drug-likeness (QED) is 0.448. The van der Waals surface area contributed by atoms with E-state index >= 15 is 0 Å². The molecule has 0 spiro atoms. The molecule has 20 heavy (non-hydrogen) atoms. The molecule has 1 aromatic rings. The fraction of sp³-hybridized carbons (Fsp3) is 0.500. The smallest absolute Gasteiger partial charge is 0.310 e. The molecule has 0 amide bonds. The lowest BCUT2D eigenvalue weighted by Gasteiger charge is -2.22. The lowest BCUT2D eigenvalue weighted by atomic mass is 9.98. The number of hydrogen-bond donors (Lipinski definition) is 1. The van der Waals surface area contributed by atoms with E-state index in [1.54, 1.807) is 18.2 Å². The summed E-state index contributed by atoms with van der Waals surface area (Å²) in [6.45, 7) is 4.84. The molecule has 1 aromatic carbocycles. The minimum Gasteiger partial charge on any atom is -0.487 e. The molecule has 0 aliphatic carbocycles. The van der Waals surface area contributed by atoms with Crippen LogP contribution < -0.4 is 10.1 Å². The van der Waals surface area contributed by atoms with Crippen LogP contribution in [0.3, 0.4) is 0 Å². The Hall–Kier alpha value is -2.13. The third-order valence-electron chi connectivity index (χ3n) is 2.95.